The molecule has 0 saturated carbocycles. The summed E-state index contributed by atoms with van der Waals surface area (Å²) in [4.78, 5) is 7.93. The summed E-state index contributed by atoms with van der Waals surface area (Å²) < 4.78 is 1.04. The lowest BCUT2D eigenvalue weighted by Crippen LogP contribution is -1.89. The molecule has 0 atom stereocenters. The van der Waals surface area contributed by atoms with Crippen molar-refractivity contribution in [3.05, 3.63) is 46.4 Å². The van der Waals surface area contributed by atoms with Crippen molar-refractivity contribution in [2.24, 2.45) is 0 Å². The zero-order valence-electron chi connectivity index (χ0n) is 9.87. The standard InChI is InChI=1S/C14H12BrN3/c1-8-6-10(16)3-4-11(8)14-17-12-5-2-9(15)7-13(12)18-14/h2-7H,16H2,1H3,(H,17,18). The van der Waals surface area contributed by atoms with Gasteiger partial charge in [-0.05, 0) is 48.9 Å². The van der Waals surface area contributed by atoms with Crippen LogP contribution in [-0.2, 0) is 0 Å². The highest BCUT2D eigenvalue weighted by atomic mass is 79.9. The van der Waals surface area contributed by atoms with Gasteiger partial charge >= 0.3 is 0 Å². The molecule has 0 aliphatic rings. The number of anilines is 1. The largest absolute Gasteiger partial charge is 0.399 e. The Morgan fingerprint density at radius 3 is 2.78 bits per heavy atom. The van der Waals surface area contributed by atoms with E-state index in [2.05, 4.69) is 25.9 Å². The van der Waals surface area contributed by atoms with Crippen LogP contribution in [0.3, 0.4) is 0 Å². The van der Waals surface area contributed by atoms with Gasteiger partial charge in [0.25, 0.3) is 0 Å². The normalized spacial score (nSPS) is 11.0. The first-order valence-electron chi connectivity index (χ1n) is 5.65. The Morgan fingerprint density at radius 2 is 2.00 bits per heavy atom. The molecule has 4 heteroatoms. The van der Waals surface area contributed by atoms with Gasteiger partial charge in [-0.3, -0.25) is 0 Å². The monoisotopic (exact) mass is 301 g/mol. The molecule has 18 heavy (non-hydrogen) atoms. The maximum atomic E-state index is 5.76. The molecule has 90 valence electrons. The predicted octanol–water partition coefficient (Wildman–Crippen LogP) is 3.88. The first-order valence-corrected chi connectivity index (χ1v) is 6.44. The average Bonchev–Trinajstić information content (AvgIpc) is 2.71. The van der Waals surface area contributed by atoms with Crippen molar-refractivity contribution in [3.8, 4) is 11.4 Å². The van der Waals surface area contributed by atoms with Gasteiger partial charge in [-0.25, -0.2) is 4.98 Å². The lowest BCUT2D eigenvalue weighted by Gasteiger charge is -2.03. The Morgan fingerprint density at radius 1 is 1.17 bits per heavy atom. The van der Waals surface area contributed by atoms with Crippen molar-refractivity contribution in [3.63, 3.8) is 0 Å². The molecule has 3 rings (SSSR count). The molecule has 1 aromatic heterocycles. The second-order valence-corrected chi connectivity index (χ2v) is 5.24. The van der Waals surface area contributed by atoms with Gasteiger partial charge < -0.3 is 10.7 Å². The number of nitrogens with two attached hydrogens (primary N) is 1. The number of halogens is 1. The lowest BCUT2D eigenvalue weighted by atomic mass is 10.1. The minimum absolute atomic E-state index is 0.773. The van der Waals surface area contributed by atoms with E-state index in [0.29, 0.717) is 0 Å². The van der Waals surface area contributed by atoms with Crippen LogP contribution >= 0.6 is 15.9 Å². The summed E-state index contributed by atoms with van der Waals surface area (Å²) in [5.41, 5.74) is 10.7. The minimum atomic E-state index is 0.773. The fourth-order valence-electron chi connectivity index (χ4n) is 2.06. The Bertz CT molecular complexity index is 731. The second kappa shape index (κ2) is 4.14. The van der Waals surface area contributed by atoms with Crippen molar-refractivity contribution in [2.75, 3.05) is 5.73 Å². The van der Waals surface area contributed by atoms with Crippen LogP contribution in [0.25, 0.3) is 22.4 Å². The topological polar surface area (TPSA) is 54.7 Å². The molecule has 3 aromatic rings. The quantitative estimate of drug-likeness (QED) is 0.670. The second-order valence-electron chi connectivity index (χ2n) is 4.32. The molecular formula is C14H12BrN3. The first-order chi connectivity index (χ1) is 8.63. The summed E-state index contributed by atoms with van der Waals surface area (Å²) in [6.07, 6.45) is 0. The Hall–Kier alpha value is -1.81. The van der Waals surface area contributed by atoms with E-state index >= 15 is 0 Å². The van der Waals surface area contributed by atoms with Crippen LogP contribution in [0.4, 0.5) is 5.69 Å². The van der Waals surface area contributed by atoms with E-state index in [4.69, 9.17) is 5.73 Å². The lowest BCUT2D eigenvalue weighted by molar-refractivity contribution is 1.31. The van der Waals surface area contributed by atoms with Crippen LogP contribution < -0.4 is 5.73 Å². The smallest absolute Gasteiger partial charge is 0.138 e. The number of aryl methyl sites for hydroxylation is 1. The molecule has 0 radical (unpaired) electrons. The summed E-state index contributed by atoms with van der Waals surface area (Å²) in [5.74, 6) is 0.876. The molecule has 0 bridgehead atoms. The van der Waals surface area contributed by atoms with E-state index in [1.807, 2.05) is 43.3 Å². The number of H-pyrrole nitrogens is 1. The fourth-order valence-corrected chi connectivity index (χ4v) is 2.42. The van der Waals surface area contributed by atoms with E-state index in [-0.39, 0.29) is 0 Å². The van der Waals surface area contributed by atoms with Gasteiger partial charge in [0.2, 0.25) is 0 Å². The van der Waals surface area contributed by atoms with Gasteiger partial charge in [0.05, 0.1) is 11.0 Å². The van der Waals surface area contributed by atoms with Gasteiger partial charge in [-0.2, -0.15) is 0 Å². The molecule has 0 spiro atoms. The van der Waals surface area contributed by atoms with Crippen LogP contribution in [0.1, 0.15) is 5.56 Å². The van der Waals surface area contributed by atoms with Crippen LogP contribution in [0.2, 0.25) is 0 Å². The van der Waals surface area contributed by atoms with Crippen molar-refractivity contribution >= 4 is 32.7 Å². The molecule has 1 heterocycles. The van der Waals surface area contributed by atoms with Crippen LogP contribution in [0, 0.1) is 6.92 Å². The van der Waals surface area contributed by atoms with Gasteiger partial charge in [-0.1, -0.05) is 15.9 Å². The Balaban J connectivity index is 2.19. The highest BCUT2D eigenvalue weighted by Crippen LogP contribution is 2.26. The molecule has 0 saturated heterocycles. The zero-order valence-corrected chi connectivity index (χ0v) is 11.5. The summed E-state index contributed by atoms with van der Waals surface area (Å²) in [5, 5.41) is 0. The van der Waals surface area contributed by atoms with E-state index < -0.39 is 0 Å². The number of imidazole rings is 1. The molecule has 0 unspecified atom stereocenters. The third-order valence-electron chi connectivity index (χ3n) is 2.95. The van der Waals surface area contributed by atoms with Crippen LogP contribution in [0.5, 0.6) is 0 Å². The molecule has 0 aliphatic carbocycles. The van der Waals surface area contributed by atoms with E-state index in [9.17, 15) is 0 Å². The number of rotatable bonds is 1. The number of fused-ring (bicyclic) bond motifs is 1. The maximum Gasteiger partial charge on any atom is 0.138 e. The maximum absolute atomic E-state index is 5.76. The molecule has 3 N–H and O–H groups in total. The van der Waals surface area contributed by atoms with Gasteiger partial charge in [-0.15, -0.1) is 0 Å². The van der Waals surface area contributed by atoms with E-state index in [1.165, 1.54) is 0 Å². The van der Waals surface area contributed by atoms with Gasteiger partial charge in [0.15, 0.2) is 0 Å². The number of benzene rings is 2. The van der Waals surface area contributed by atoms with Gasteiger partial charge in [0.1, 0.15) is 5.82 Å². The molecular weight excluding hydrogens is 290 g/mol. The third-order valence-corrected chi connectivity index (χ3v) is 3.44. The Kier molecular flexibility index (Phi) is 2.59. The third kappa shape index (κ3) is 1.88. The van der Waals surface area contributed by atoms with Crippen molar-refractivity contribution in [1.29, 1.82) is 0 Å². The van der Waals surface area contributed by atoms with Crippen molar-refractivity contribution < 1.29 is 0 Å². The minimum Gasteiger partial charge on any atom is -0.399 e. The number of aromatic nitrogens is 2. The van der Waals surface area contributed by atoms with Crippen molar-refractivity contribution in [2.45, 2.75) is 6.92 Å². The number of aromatic amines is 1. The number of hydrogen-bond acceptors (Lipinski definition) is 2. The average molecular weight is 302 g/mol. The highest BCUT2D eigenvalue weighted by molar-refractivity contribution is 9.10. The van der Waals surface area contributed by atoms with E-state index in [0.717, 1.165) is 38.1 Å². The predicted molar refractivity (Wildman–Crippen MR) is 78.4 cm³/mol. The fraction of sp³-hybridized carbons (Fsp3) is 0.0714. The summed E-state index contributed by atoms with van der Waals surface area (Å²) in [6.45, 7) is 2.04. The van der Waals surface area contributed by atoms with Crippen LogP contribution in [-0.4, -0.2) is 9.97 Å². The zero-order chi connectivity index (χ0) is 12.7. The number of nitrogens with zero attached hydrogens (tertiary/aromatic N) is 1. The molecule has 0 fully saturated rings. The molecule has 0 amide bonds. The highest BCUT2D eigenvalue weighted by Gasteiger charge is 2.08. The van der Waals surface area contributed by atoms with Crippen LogP contribution in [0.15, 0.2) is 40.9 Å². The molecule has 0 aliphatic heterocycles. The van der Waals surface area contributed by atoms with E-state index in [1.54, 1.807) is 0 Å². The summed E-state index contributed by atoms with van der Waals surface area (Å²) in [6, 6.07) is 11.9. The summed E-state index contributed by atoms with van der Waals surface area (Å²) >= 11 is 3.46. The SMILES string of the molecule is Cc1cc(N)ccc1-c1nc2ccc(Br)cc2[nH]1. The summed E-state index contributed by atoms with van der Waals surface area (Å²) in [7, 11) is 0. The first kappa shape index (κ1) is 11.3. The molecule has 2 aromatic carbocycles. The van der Waals surface area contributed by atoms with Crippen molar-refractivity contribution in [1.82, 2.24) is 9.97 Å². The Labute approximate surface area is 113 Å². The number of hydrogen-bond donors (Lipinski definition) is 2. The molecule has 3 nitrogen and oxygen atoms in total. The van der Waals surface area contributed by atoms with Gasteiger partial charge in [0, 0.05) is 15.7 Å². The number of nitrogens with one attached hydrogen (secondary N) is 1. The number of nitrogen functional groups attached to an aromatic ring is 1.